The summed E-state index contributed by atoms with van der Waals surface area (Å²) in [5.41, 5.74) is 2.37. The van der Waals surface area contributed by atoms with Gasteiger partial charge in [-0.3, -0.25) is 14.7 Å². The van der Waals surface area contributed by atoms with E-state index in [0.29, 0.717) is 46.0 Å². The predicted molar refractivity (Wildman–Crippen MR) is 155 cm³/mol. The number of hydrogen-bond acceptors (Lipinski definition) is 5. The Morgan fingerprint density at radius 3 is 2.25 bits per heavy atom. The average molecular weight is 582 g/mol. The van der Waals surface area contributed by atoms with Crippen LogP contribution in [0.4, 0.5) is 4.79 Å². The van der Waals surface area contributed by atoms with Crippen LogP contribution < -0.4 is 14.8 Å². The van der Waals surface area contributed by atoms with Crippen LogP contribution in [0.2, 0.25) is 10.0 Å². The number of benzene rings is 3. The van der Waals surface area contributed by atoms with Crippen molar-refractivity contribution >= 4 is 41.0 Å². The minimum Gasteiger partial charge on any atom is -0.497 e. The molecule has 40 heavy (non-hydrogen) atoms. The van der Waals surface area contributed by atoms with Gasteiger partial charge in [0, 0.05) is 29.2 Å². The van der Waals surface area contributed by atoms with Gasteiger partial charge in [0.05, 0.1) is 24.8 Å². The van der Waals surface area contributed by atoms with Gasteiger partial charge < -0.3 is 19.7 Å². The number of rotatable bonds is 6. The summed E-state index contributed by atoms with van der Waals surface area (Å²) >= 11 is 12.5. The number of carbonyl (C=O) groups excluding carboxylic acids is 2. The van der Waals surface area contributed by atoms with Gasteiger partial charge in [-0.15, -0.1) is 0 Å². The lowest BCUT2D eigenvalue weighted by Gasteiger charge is -2.36. The minimum absolute atomic E-state index is 0.0421. The maximum absolute atomic E-state index is 14.3. The normalized spacial score (nSPS) is 18.9. The number of piperazine rings is 1. The Bertz CT molecular complexity index is 1430. The van der Waals surface area contributed by atoms with Crippen LogP contribution in [0.15, 0.2) is 71.7 Å². The van der Waals surface area contributed by atoms with Gasteiger partial charge in [-0.25, -0.2) is 4.79 Å². The second-order valence-electron chi connectivity index (χ2n) is 9.90. The molecule has 0 spiro atoms. The third kappa shape index (κ3) is 5.74. The number of ether oxygens (including phenoxy) is 2. The van der Waals surface area contributed by atoms with Gasteiger partial charge in [0.1, 0.15) is 29.9 Å². The van der Waals surface area contributed by atoms with Gasteiger partial charge >= 0.3 is 6.03 Å². The molecule has 1 unspecified atom stereocenters. The molecular weight excluding hydrogens is 551 g/mol. The maximum atomic E-state index is 14.3. The Kier molecular flexibility index (Phi) is 8.19. The molecule has 2 aliphatic heterocycles. The average Bonchev–Trinajstić information content (AvgIpc) is 3.33. The number of urea groups is 1. The molecule has 1 saturated heterocycles. The van der Waals surface area contributed by atoms with Crippen molar-refractivity contribution in [1.82, 2.24) is 15.1 Å². The highest BCUT2D eigenvalue weighted by Gasteiger charge is 2.45. The van der Waals surface area contributed by atoms with Gasteiger partial charge in [0.2, 0.25) is 5.91 Å². The Balaban J connectivity index is 1.71. The first-order valence-corrected chi connectivity index (χ1v) is 13.8. The van der Waals surface area contributed by atoms with Crippen LogP contribution in [0.5, 0.6) is 11.5 Å². The molecule has 3 aromatic rings. The number of amides is 3. The van der Waals surface area contributed by atoms with E-state index in [1.165, 1.54) is 0 Å². The minimum atomic E-state index is -0.528. The molecule has 0 saturated carbocycles. The Labute approximate surface area is 243 Å². The fraction of sp³-hybridized carbons (Fsp3) is 0.300. The Morgan fingerprint density at radius 1 is 1.00 bits per heavy atom. The molecule has 2 atom stereocenters. The van der Waals surface area contributed by atoms with Gasteiger partial charge in [-0.2, -0.15) is 0 Å². The van der Waals surface area contributed by atoms with E-state index in [0.717, 1.165) is 11.1 Å². The van der Waals surface area contributed by atoms with Crippen LogP contribution >= 0.6 is 23.2 Å². The molecule has 0 radical (unpaired) electrons. The lowest BCUT2D eigenvalue weighted by Crippen LogP contribution is -2.55. The van der Waals surface area contributed by atoms with Crippen molar-refractivity contribution in [2.45, 2.75) is 32.0 Å². The number of carbonyl (C=O) groups is 2. The van der Waals surface area contributed by atoms with Crippen LogP contribution in [0.25, 0.3) is 0 Å². The molecule has 8 nitrogen and oxygen atoms in total. The highest BCUT2D eigenvalue weighted by Crippen LogP contribution is 2.45. The summed E-state index contributed by atoms with van der Waals surface area (Å²) in [6, 6.07) is 19.0. The topological polar surface area (TPSA) is 83.5 Å². The van der Waals surface area contributed by atoms with Crippen LogP contribution in [-0.4, -0.2) is 60.4 Å². The first kappa shape index (κ1) is 27.8. The maximum Gasteiger partial charge on any atom is 0.326 e. The number of hydrogen-bond donors (Lipinski definition) is 1. The molecule has 5 rings (SSSR count). The van der Waals surface area contributed by atoms with E-state index in [9.17, 15) is 9.59 Å². The highest BCUT2D eigenvalue weighted by atomic mass is 35.5. The van der Waals surface area contributed by atoms with Crippen molar-refractivity contribution in [3.8, 4) is 11.5 Å². The van der Waals surface area contributed by atoms with E-state index in [2.05, 4.69) is 5.32 Å². The zero-order valence-corrected chi connectivity index (χ0v) is 23.9. The second-order valence-corrected chi connectivity index (χ2v) is 10.8. The molecule has 0 aliphatic carbocycles. The lowest BCUT2D eigenvalue weighted by molar-refractivity contribution is -0.123. The number of amidine groups is 1. The molecule has 2 aliphatic rings. The number of nitrogens with one attached hydrogen (secondary N) is 1. The third-order valence-corrected chi connectivity index (χ3v) is 7.30. The van der Waals surface area contributed by atoms with Crippen molar-refractivity contribution < 1.29 is 19.1 Å². The lowest BCUT2D eigenvalue weighted by atomic mass is 9.93. The summed E-state index contributed by atoms with van der Waals surface area (Å²) in [4.78, 5) is 35.0. The molecule has 0 aromatic heterocycles. The summed E-state index contributed by atoms with van der Waals surface area (Å²) < 4.78 is 11.7. The first-order valence-electron chi connectivity index (χ1n) is 13.0. The quantitative estimate of drug-likeness (QED) is 0.394. The van der Waals surface area contributed by atoms with Crippen LogP contribution in [0, 0.1) is 0 Å². The van der Waals surface area contributed by atoms with Crippen LogP contribution in [0.3, 0.4) is 0 Å². The Hall–Kier alpha value is -3.75. The molecule has 1 fully saturated rings. The molecular formula is C30H30Cl2N4O4. The summed E-state index contributed by atoms with van der Waals surface area (Å²) in [7, 11) is 1.59. The Morgan fingerprint density at radius 2 is 1.65 bits per heavy atom. The molecule has 3 amide bonds. The predicted octanol–water partition coefficient (Wildman–Crippen LogP) is 5.89. The standard InChI is InChI=1S/C30H30Cl2N4O4/c1-18(2)40-25-16-23(39-3)12-13-24(25)29-34-27(19-4-8-21(31)9-5-19)28(20-6-10-22(32)11-7-20)36(29)30(38)35-15-14-33-26(37)17-35/h4-13,16,18,27-28H,14-15,17H2,1-3H3,(H,33,37)/t27-,28?/m1/s1. The number of halogens is 2. The van der Waals surface area contributed by atoms with Gasteiger partial charge in [-0.1, -0.05) is 47.5 Å². The molecule has 0 bridgehead atoms. The first-order chi connectivity index (χ1) is 19.2. The van der Waals surface area contributed by atoms with E-state index < -0.39 is 12.1 Å². The summed E-state index contributed by atoms with van der Waals surface area (Å²) in [5, 5.41) is 3.97. The zero-order valence-electron chi connectivity index (χ0n) is 22.4. The highest BCUT2D eigenvalue weighted by molar-refractivity contribution is 6.30. The van der Waals surface area contributed by atoms with E-state index in [4.69, 9.17) is 37.7 Å². The van der Waals surface area contributed by atoms with Crippen molar-refractivity contribution in [3.63, 3.8) is 0 Å². The third-order valence-electron chi connectivity index (χ3n) is 6.80. The van der Waals surface area contributed by atoms with E-state index in [1.807, 2.05) is 62.4 Å². The van der Waals surface area contributed by atoms with Gasteiger partial charge in [0.15, 0.2) is 0 Å². The largest absolute Gasteiger partial charge is 0.497 e. The fourth-order valence-corrected chi connectivity index (χ4v) is 5.23. The molecule has 2 heterocycles. The van der Waals surface area contributed by atoms with Crippen LogP contribution in [-0.2, 0) is 4.79 Å². The number of aliphatic imine (C=N–C) groups is 1. The van der Waals surface area contributed by atoms with Crippen molar-refractivity contribution in [2.24, 2.45) is 4.99 Å². The van der Waals surface area contributed by atoms with Crippen molar-refractivity contribution in [3.05, 3.63) is 93.5 Å². The second kappa shape index (κ2) is 11.8. The van der Waals surface area contributed by atoms with Gasteiger partial charge in [-0.05, 0) is 61.4 Å². The SMILES string of the molecule is COc1ccc(C2=N[C@H](c3ccc(Cl)cc3)C(c3ccc(Cl)cc3)N2C(=O)N2CCNC(=O)C2)c(OC(C)C)c1. The van der Waals surface area contributed by atoms with E-state index in [-0.39, 0.29) is 24.6 Å². The molecule has 3 aromatic carbocycles. The summed E-state index contributed by atoms with van der Waals surface area (Å²) in [5.74, 6) is 1.39. The number of nitrogens with zero attached hydrogens (tertiary/aromatic N) is 3. The van der Waals surface area contributed by atoms with Gasteiger partial charge in [0.25, 0.3) is 0 Å². The number of methoxy groups -OCH3 is 1. The molecule has 208 valence electrons. The van der Waals surface area contributed by atoms with Crippen molar-refractivity contribution in [2.75, 3.05) is 26.7 Å². The molecule has 10 heteroatoms. The summed E-state index contributed by atoms with van der Waals surface area (Å²) in [6.45, 7) is 4.58. The smallest absolute Gasteiger partial charge is 0.326 e. The van der Waals surface area contributed by atoms with Crippen LogP contribution in [0.1, 0.15) is 42.6 Å². The van der Waals surface area contributed by atoms with E-state index in [1.54, 1.807) is 35.1 Å². The zero-order chi connectivity index (χ0) is 28.4. The van der Waals surface area contributed by atoms with E-state index >= 15 is 0 Å². The van der Waals surface area contributed by atoms with Crippen molar-refractivity contribution in [1.29, 1.82) is 0 Å². The fourth-order valence-electron chi connectivity index (χ4n) is 4.97. The molecule has 1 N–H and O–H groups in total. The summed E-state index contributed by atoms with van der Waals surface area (Å²) in [6.07, 6.45) is -0.137. The monoisotopic (exact) mass is 580 g/mol.